The quantitative estimate of drug-likeness (QED) is 0.872. The van der Waals surface area contributed by atoms with Crippen molar-refractivity contribution >= 4 is 5.91 Å². The molecule has 0 spiro atoms. The number of rotatable bonds is 4. The van der Waals surface area contributed by atoms with Crippen molar-refractivity contribution in [1.82, 2.24) is 15.1 Å². The Bertz CT molecular complexity index is 488. The highest BCUT2D eigenvalue weighted by atomic mass is 16.3. The van der Waals surface area contributed by atoms with Gasteiger partial charge in [0, 0.05) is 18.4 Å². The summed E-state index contributed by atoms with van der Waals surface area (Å²) in [6.45, 7) is 4.36. The minimum atomic E-state index is -0.115. The molecule has 17 heavy (non-hydrogen) atoms. The van der Waals surface area contributed by atoms with Crippen LogP contribution in [-0.4, -0.2) is 21.7 Å². The zero-order valence-corrected chi connectivity index (χ0v) is 9.88. The minimum absolute atomic E-state index is 0.0108. The molecule has 1 N–H and O–H groups in total. The minimum Gasteiger partial charge on any atom is -0.469 e. The predicted molar refractivity (Wildman–Crippen MR) is 62.6 cm³/mol. The molecule has 0 saturated heterocycles. The first kappa shape index (κ1) is 11.4. The zero-order valence-electron chi connectivity index (χ0n) is 9.88. The van der Waals surface area contributed by atoms with Gasteiger partial charge in [0.1, 0.15) is 5.76 Å². The molecule has 0 aliphatic rings. The van der Waals surface area contributed by atoms with E-state index in [1.165, 1.54) is 6.26 Å². The van der Waals surface area contributed by atoms with Gasteiger partial charge < -0.3 is 9.73 Å². The summed E-state index contributed by atoms with van der Waals surface area (Å²) >= 11 is 0. The summed E-state index contributed by atoms with van der Waals surface area (Å²) in [5, 5.41) is 6.99. The van der Waals surface area contributed by atoms with Crippen molar-refractivity contribution in [2.45, 2.75) is 26.4 Å². The van der Waals surface area contributed by atoms with E-state index in [4.69, 9.17) is 4.42 Å². The topological polar surface area (TPSA) is 60.1 Å². The van der Waals surface area contributed by atoms with Crippen LogP contribution in [0.15, 0.2) is 35.2 Å². The van der Waals surface area contributed by atoms with E-state index >= 15 is 0 Å². The Morgan fingerprint density at radius 2 is 2.47 bits per heavy atom. The van der Waals surface area contributed by atoms with Gasteiger partial charge in [0.15, 0.2) is 0 Å². The first-order valence-electron chi connectivity index (χ1n) is 5.49. The van der Waals surface area contributed by atoms with Crippen LogP contribution in [0.5, 0.6) is 0 Å². The van der Waals surface area contributed by atoms with Gasteiger partial charge in [0.05, 0.1) is 18.4 Å². The average Bonchev–Trinajstić information content (AvgIpc) is 2.88. The molecule has 2 heterocycles. The SMILES string of the molecule is Cc1occc1C(=O)N[C@H](C)Cn1cccn1. The van der Waals surface area contributed by atoms with E-state index < -0.39 is 0 Å². The predicted octanol–water partition coefficient (Wildman–Crippen LogP) is 1.60. The number of amides is 1. The molecule has 0 aromatic carbocycles. The summed E-state index contributed by atoms with van der Waals surface area (Å²) in [5.74, 6) is 0.518. The third-order valence-corrected chi connectivity index (χ3v) is 2.50. The molecular weight excluding hydrogens is 218 g/mol. The van der Waals surface area contributed by atoms with Crippen LogP contribution in [-0.2, 0) is 6.54 Å². The Labute approximate surface area is 99.4 Å². The Hall–Kier alpha value is -2.04. The second kappa shape index (κ2) is 4.86. The monoisotopic (exact) mass is 233 g/mol. The summed E-state index contributed by atoms with van der Waals surface area (Å²) in [6.07, 6.45) is 5.10. The molecule has 0 fully saturated rings. The highest BCUT2D eigenvalue weighted by Gasteiger charge is 2.14. The van der Waals surface area contributed by atoms with Crippen molar-refractivity contribution in [2.24, 2.45) is 0 Å². The third kappa shape index (κ3) is 2.75. The Balaban J connectivity index is 1.93. The number of carbonyl (C=O) groups excluding carboxylic acids is 1. The maximum Gasteiger partial charge on any atom is 0.255 e. The lowest BCUT2D eigenvalue weighted by Gasteiger charge is -2.13. The molecule has 1 amide bonds. The van der Waals surface area contributed by atoms with Crippen LogP contribution in [0, 0.1) is 6.92 Å². The number of nitrogens with one attached hydrogen (secondary N) is 1. The average molecular weight is 233 g/mol. The molecule has 0 radical (unpaired) electrons. The van der Waals surface area contributed by atoms with Crippen LogP contribution in [0.3, 0.4) is 0 Å². The molecule has 2 aromatic heterocycles. The Morgan fingerprint density at radius 3 is 3.06 bits per heavy atom. The van der Waals surface area contributed by atoms with Crippen LogP contribution in [0.4, 0.5) is 0 Å². The lowest BCUT2D eigenvalue weighted by molar-refractivity contribution is 0.0934. The second-order valence-corrected chi connectivity index (χ2v) is 3.99. The van der Waals surface area contributed by atoms with Crippen molar-refractivity contribution in [2.75, 3.05) is 0 Å². The van der Waals surface area contributed by atoms with Crippen LogP contribution in [0.25, 0.3) is 0 Å². The summed E-state index contributed by atoms with van der Waals surface area (Å²) in [6, 6.07) is 3.54. The third-order valence-electron chi connectivity index (χ3n) is 2.50. The molecule has 5 nitrogen and oxygen atoms in total. The number of aryl methyl sites for hydroxylation is 1. The molecule has 90 valence electrons. The Morgan fingerprint density at radius 1 is 1.65 bits per heavy atom. The standard InChI is InChI=1S/C12H15N3O2/c1-9(8-15-6-3-5-13-15)14-12(16)11-4-7-17-10(11)2/h3-7,9H,8H2,1-2H3,(H,14,16)/t9-/m1/s1. The van der Waals surface area contributed by atoms with E-state index in [1.807, 2.05) is 19.2 Å². The van der Waals surface area contributed by atoms with Crippen molar-refractivity contribution in [3.63, 3.8) is 0 Å². The maximum atomic E-state index is 11.9. The molecule has 1 atom stereocenters. The van der Waals surface area contributed by atoms with E-state index in [9.17, 15) is 4.79 Å². The molecule has 2 rings (SSSR count). The molecule has 2 aromatic rings. The smallest absolute Gasteiger partial charge is 0.255 e. The molecule has 0 aliphatic carbocycles. The van der Waals surface area contributed by atoms with Crippen LogP contribution < -0.4 is 5.32 Å². The lowest BCUT2D eigenvalue weighted by atomic mass is 10.2. The maximum absolute atomic E-state index is 11.9. The number of hydrogen-bond donors (Lipinski definition) is 1. The van der Waals surface area contributed by atoms with Crippen LogP contribution >= 0.6 is 0 Å². The van der Waals surface area contributed by atoms with E-state index in [1.54, 1.807) is 23.9 Å². The van der Waals surface area contributed by atoms with Crippen LogP contribution in [0.1, 0.15) is 23.0 Å². The zero-order chi connectivity index (χ0) is 12.3. The number of furan rings is 1. The highest BCUT2D eigenvalue weighted by molar-refractivity contribution is 5.95. The Kier molecular flexibility index (Phi) is 3.27. The van der Waals surface area contributed by atoms with E-state index in [0.29, 0.717) is 17.9 Å². The van der Waals surface area contributed by atoms with Gasteiger partial charge in [0.25, 0.3) is 5.91 Å². The first-order valence-corrected chi connectivity index (χ1v) is 5.49. The molecule has 0 aliphatic heterocycles. The fraction of sp³-hybridized carbons (Fsp3) is 0.333. The van der Waals surface area contributed by atoms with Crippen molar-refractivity contribution in [3.8, 4) is 0 Å². The fourth-order valence-electron chi connectivity index (χ4n) is 1.66. The van der Waals surface area contributed by atoms with Gasteiger partial charge in [-0.05, 0) is 26.0 Å². The number of carbonyl (C=O) groups is 1. The van der Waals surface area contributed by atoms with Crippen LogP contribution in [0.2, 0.25) is 0 Å². The second-order valence-electron chi connectivity index (χ2n) is 3.99. The molecule has 0 bridgehead atoms. The first-order chi connectivity index (χ1) is 8.16. The molecule has 5 heteroatoms. The molecule has 0 unspecified atom stereocenters. The van der Waals surface area contributed by atoms with Gasteiger partial charge in [-0.15, -0.1) is 0 Å². The lowest BCUT2D eigenvalue weighted by Crippen LogP contribution is -2.35. The van der Waals surface area contributed by atoms with E-state index in [0.717, 1.165) is 0 Å². The van der Waals surface area contributed by atoms with Crippen molar-refractivity contribution in [3.05, 3.63) is 42.1 Å². The number of aromatic nitrogens is 2. The van der Waals surface area contributed by atoms with Gasteiger partial charge in [-0.3, -0.25) is 9.48 Å². The highest BCUT2D eigenvalue weighted by Crippen LogP contribution is 2.08. The summed E-state index contributed by atoms with van der Waals surface area (Å²) in [7, 11) is 0. The van der Waals surface area contributed by atoms with Gasteiger partial charge in [-0.2, -0.15) is 5.10 Å². The summed E-state index contributed by atoms with van der Waals surface area (Å²) in [5.41, 5.74) is 0.581. The van der Waals surface area contributed by atoms with Gasteiger partial charge in [-0.1, -0.05) is 0 Å². The normalized spacial score (nSPS) is 12.4. The molecule has 0 saturated carbocycles. The number of hydrogen-bond acceptors (Lipinski definition) is 3. The fourth-order valence-corrected chi connectivity index (χ4v) is 1.66. The van der Waals surface area contributed by atoms with Gasteiger partial charge in [-0.25, -0.2) is 0 Å². The van der Waals surface area contributed by atoms with E-state index in [-0.39, 0.29) is 11.9 Å². The van der Waals surface area contributed by atoms with Crippen molar-refractivity contribution < 1.29 is 9.21 Å². The summed E-state index contributed by atoms with van der Waals surface area (Å²) in [4.78, 5) is 11.9. The van der Waals surface area contributed by atoms with Crippen molar-refractivity contribution in [1.29, 1.82) is 0 Å². The molecular formula is C12H15N3O2. The van der Waals surface area contributed by atoms with E-state index in [2.05, 4.69) is 10.4 Å². The number of nitrogens with zero attached hydrogens (tertiary/aromatic N) is 2. The van der Waals surface area contributed by atoms with Gasteiger partial charge in [0.2, 0.25) is 0 Å². The largest absolute Gasteiger partial charge is 0.469 e. The van der Waals surface area contributed by atoms with Gasteiger partial charge >= 0.3 is 0 Å². The summed E-state index contributed by atoms with van der Waals surface area (Å²) < 4.78 is 6.88.